The summed E-state index contributed by atoms with van der Waals surface area (Å²) < 4.78 is 9.86. The Bertz CT molecular complexity index is 653. The van der Waals surface area contributed by atoms with Gasteiger partial charge in [-0.15, -0.1) is 0 Å². The number of hydrogen-bond donors (Lipinski definition) is 1. The van der Waals surface area contributed by atoms with E-state index >= 15 is 0 Å². The summed E-state index contributed by atoms with van der Waals surface area (Å²) in [6.45, 7) is 0. The lowest BCUT2D eigenvalue weighted by Crippen LogP contribution is -2.09. The second-order valence-electron chi connectivity index (χ2n) is 3.92. The van der Waals surface area contributed by atoms with E-state index < -0.39 is 11.9 Å². The normalized spacial score (nSPS) is 11.2. The Balaban J connectivity index is 2.59. The molecule has 1 aromatic carbocycles. The summed E-state index contributed by atoms with van der Waals surface area (Å²) >= 11 is 0. The Morgan fingerprint density at radius 2 is 1.85 bits per heavy atom. The van der Waals surface area contributed by atoms with Crippen LogP contribution in [-0.2, 0) is 9.53 Å². The van der Waals surface area contributed by atoms with Gasteiger partial charge in [0.05, 0.1) is 24.5 Å². The average molecular weight is 272 g/mol. The number of carbonyl (C=O) groups is 2. The zero-order valence-electron chi connectivity index (χ0n) is 10.7. The van der Waals surface area contributed by atoms with Gasteiger partial charge in [-0.3, -0.25) is 0 Å². The zero-order valence-corrected chi connectivity index (χ0v) is 10.7. The maximum atomic E-state index is 11.9. The molecule has 0 spiro atoms. The number of hydrogen-bond acceptors (Lipinski definition) is 4. The topological polar surface area (TPSA) is 76.7 Å². The van der Waals surface area contributed by atoms with Gasteiger partial charge >= 0.3 is 11.9 Å². The highest BCUT2D eigenvalue weighted by molar-refractivity contribution is 6.23. The van der Waals surface area contributed by atoms with Crippen LogP contribution < -0.4 is 0 Å². The van der Waals surface area contributed by atoms with Crippen LogP contribution in [0.3, 0.4) is 0 Å². The first-order chi connectivity index (χ1) is 9.63. The fraction of sp³-hybridized carbons (Fsp3) is 0.0667. The molecule has 1 aromatic heterocycles. The van der Waals surface area contributed by atoms with Crippen molar-refractivity contribution in [3.8, 4) is 0 Å². The van der Waals surface area contributed by atoms with Crippen LogP contribution in [0.1, 0.15) is 21.7 Å². The zero-order chi connectivity index (χ0) is 14.5. The molecule has 0 atom stereocenters. The molecule has 2 aromatic rings. The van der Waals surface area contributed by atoms with Gasteiger partial charge in [-0.1, -0.05) is 18.2 Å². The first kappa shape index (κ1) is 13.6. The van der Waals surface area contributed by atoms with Crippen molar-refractivity contribution < 1.29 is 23.8 Å². The quantitative estimate of drug-likeness (QED) is 0.684. The lowest BCUT2D eigenvalue weighted by atomic mass is 9.99. The van der Waals surface area contributed by atoms with E-state index in [0.717, 1.165) is 0 Å². The molecular weight excluding hydrogens is 260 g/mol. The number of benzene rings is 1. The molecule has 0 fully saturated rings. The SMILES string of the molecule is COC(=O)C(=Cc1ccco1)c1ccccc1C(=O)O. The van der Waals surface area contributed by atoms with Crippen LogP contribution in [0.5, 0.6) is 0 Å². The van der Waals surface area contributed by atoms with E-state index in [9.17, 15) is 14.7 Å². The molecule has 1 N–H and O–H groups in total. The maximum Gasteiger partial charge on any atom is 0.338 e. The van der Waals surface area contributed by atoms with Crippen LogP contribution in [0.15, 0.2) is 47.1 Å². The first-order valence-corrected chi connectivity index (χ1v) is 5.79. The van der Waals surface area contributed by atoms with Gasteiger partial charge < -0.3 is 14.3 Å². The minimum absolute atomic E-state index is 0.0238. The van der Waals surface area contributed by atoms with Crippen LogP contribution in [0.25, 0.3) is 11.6 Å². The monoisotopic (exact) mass is 272 g/mol. The van der Waals surface area contributed by atoms with E-state index in [1.54, 1.807) is 30.3 Å². The molecule has 0 aliphatic rings. The number of carboxylic acids is 1. The molecule has 5 nitrogen and oxygen atoms in total. The summed E-state index contributed by atoms with van der Waals surface area (Å²) in [5.74, 6) is -1.31. The van der Waals surface area contributed by atoms with E-state index in [1.807, 2.05) is 0 Å². The van der Waals surface area contributed by atoms with E-state index in [0.29, 0.717) is 5.76 Å². The van der Waals surface area contributed by atoms with Gasteiger partial charge in [-0.2, -0.15) is 0 Å². The van der Waals surface area contributed by atoms with Crippen LogP contribution in [0, 0.1) is 0 Å². The van der Waals surface area contributed by atoms with Crippen LogP contribution >= 0.6 is 0 Å². The highest BCUT2D eigenvalue weighted by Gasteiger charge is 2.19. The van der Waals surface area contributed by atoms with E-state index in [4.69, 9.17) is 9.15 Å². The highest BCUT2D eigenvalue weighted by Crippen LogP contribution is 2.23. The van der Waals surface area contributed by atoms with Crippen molar-refractivity contribution in [3.05, 3.63) is 59.5 Å². The Kier molecular flexibility index (Phi) is 4.00. The summed E-state index contributed by atoms with van der Waals surface area (Å²) in [4.78, 5) is 23.1. The molecule has 0 unspecified atom stereocenters. The van der Waals surface area contributed by atoms with Gasteiger partial charge in [0.15, 0.2) is 0 Å². The third-order valence-corrected chi connectivity index (χ3v) is 2.68. The summed E-state index contributed by atoms with van der Waals surface area (Å²) in [5, 5.41) is 9.19. The number of rotatable bonds is 4. The van der Waals surface area contributed by atoms with E-state index in [-0.39, 0.29) is 16.7 Å². The molecule has 102 valence electrons. The number of carbonyl (C=O) groups excluding carboxylic acids is 1. The van der Waals surface area contributed by atoms with E-state index in [1.165, 1.54) is 25.5 Å². The fourth-order valence-corrected chi connectivity index (χ4v) is 1.78. The number of ether oxygens (including phenoxy) is 1. The van der Waals surface area contributed by atoms with Crippen molar-refractivity contribution in [2.45, 2.75) is 0 Å². The second-order valence-corrected chi connectivity index (χ2v) is 3.92. The van der Waals surface area contributed by atoms with Gasteiger partial charge in [0.2, 0.25) is 0 Å². The molecule has 1 heterocycles. The number of furan rings is 1. The minimum Gasteiger partial charge on any atom is -0.478 e. The fourth-order valence-electron chi connectivity index (χ4n) is 1.78. The molecule has 0 saturated heterocycles. The lowest BCUT2D eigenvalue weighted by Gasteiger charge is -2.08. The predicted molar refractivity (Wildman–Crippen MR) is 72.0 cm³/mol. The number of methoxy groups -OCH3 is 1. The smallest absolute Gasteiger partial charge is 0.338 e. The Morgan fingerprint density at radius 1 is 1.15 bits per heavy atom. The molecular formula is C15H12O5. The van der Waals surface area contributed by atoms with Crippen molar-refractivity contribution in [2.75, 3.05) is 7.11 Å². The molecule has 0 bridgehead atoms. The van der Waals surface area contributed by atoms with Crippen molar-refractivity contribution >= 4 is 23.6 Å². The van der Waals surface area contributed by atoms with Crippen molar-refractivity contribution in [1.82, 2.24) is 0 Å². The Morgan fingerprint density at radius 3 is 2.40 bits per heavy atom. The molecule has 5 heteroatoms. The number of aromatic carboxylic acids is 1. The van der Waals surface area contributed by atoms with Gasteiger partial charge in [0.25, 0.3) is 0 Å². The van der Waals surface area contributed by atoms with Gasteiger partial charge in [-0.05, 0) is 24.3 Å². The molecule has 0 saturated carbocycles. The average Bonchev–Trinajstić information content (AvgIpc) is 2.97. The van der Waals surface area contributed by atoms with Crippen LogP contribution in [-0.4, -0.2) is 24.2 Å². The largest absolute Gasteiger partial charge is 0.478 e. The molecule has 2 rings (SSSR count). The molecule has 0 aliphatic heterocycles. The van der Waals surface area contributed by atoms with Gasteiger partial charge in [0, 0.05) is 5.56 Å². The summed E-state index contributed by atoms with van der Waals surface area (Å²) in [5.41, 5.74) is 0.430. The van der Waals surface area contributed by atoms with Gasteiger partial charge in [0.1, 0.15) is 5.76 Å². The summed E-state index contributed by atoms with van der Waals surface area (Å²) in [7, 11) is 1.24. The molecule has 0 aliphatic carbocycles. The second kappa shape index (κ2) is 5.88. The summed E-state index contributed by atoms with van der Waals surface area (Å²) in [6, 6.07) is 9.55. The third kappa shape index (κ3) is 2.77. The molecule has 0 amide bonds. The van der Waals surface area contributed by atoms with E-state index in [2.05, 4.69) is 0 Å². The summed E-state index contributed by atoms with van der Waals surface area (Å²) in [6.07, 6.45) is 2.91. The van der Waals surface area contributed by atoms with Crippen molar-refractivity contribution in [1.29, 1.82) is 0 Å². The lowest BCUT2D eigenvalue weighted by molar-refractivity contribution is -0.133. The predicted octanol–water partition coefficient (Wildman–Crippen LogP) is 2.69. The van der Waals surface area contributed by atoms with Crippen LogP contribution in [0.2, 0.25) is 0 Å². The van der Waals surface area contributed by atoms with Crippen molar-refractivity contribution in [2.24, 2.45) is 0 Å². The number of esters is 1. The van der Waals surface area contributed by atoms with Crippen molar-refractivity contribution in [3.63, 3.8) is 0 Å². The maximum absolute atomic E-state index is 11.9. The third-order valence-electron chi connectivity index (χ3n) is 2.68. The number of carboxylic acid groups (broad SMARTS) is 1. The standard InChI is InChI=1S/C15H12O5/c1-19-15(18)13(9-10-5-4-8-20-10)11-6-2-3-7-12(11)14(16)17/h2-9H,1H3,(H,16,17). The highest BCUT2D eigenvalue weighted by atomic mass is 16.5. The van der Waals surface area contributed by atoms with Gasteiger partial charge in [-0.25, -0.2) is 9.59 Å². The minimum atomic E-state index is -1.12. The molecule has 20 heavy (non-hydrogen) atoms. The first-order valence-electron chi connectivity index (χ1n) is 5.79. The van der Waals surface area contributed by atoms with Crippen LogP contribution in [0.4, 0.5) is 0 Å². The Hall–Kier alpha value is -2.82. The Labute approximate surface area is 115 Å². The molecule has 0 radical (unpaired) electrons.